The van der Waals surface area contributed by atoms with Gasteiger partial charge < -0.3 is 10.6 Å². The van der Waals surface area contributed by atoms with Crippen LogP contribution < -0.4 is 10.6 Å². The smallest absolute Gasteiger partial charge is 0.265 e. The van der Waals surface area contributed by atoms with Crippen molar-refractivity contribution in [1.82, 2.24) is 9.78 Å². The molecule has 0 saturated carbocycles. The number of rotatable bonds is 4. The van der Waals surface area contributed by atoms with Crippen LogP contribution in [0.5, 0.6) is 0 Å². The Morgan fingerprint density at radius 3 is 2.52 bits per heavy atom. The fourth-order valence-electron chi connectivity index (χ4n) is 2.98. The average Bonchev–Trinajstić information content (AvgIpc) is 3.25. The van der Waals surface area contributed by atoms with E-state index < -0.39 is 0 Å². The number of nitrogens with one attached hydrogen (secondary N) is 2. The Morgan fingerprint density at radius 2 is 1.83 bits per heavy atom. The molecule has 0 bridgehead atoms. The summed E-state index contributed by atoms with van der Waals surface area (Å²) >= 11 is 7.57. The van der Waals surface area contributed by atoms with E-state index >= 15 is 0 Å². The van der Waals surface area contributed by atoms with Gasteiger partial charge in [0.05, 0.1) is 27.0 Å². The minimum atomic E-state index is -0.228. The molecule has 0 unspecified atom stereocenters. The molecule has 2 aromatic carbocycles. The van der Waals surface area contributed by atoms with Crippen molar-refractivity contribution in [1.29, 1.82) is 0 Å². The van der Waals surface area contributed by atoms with Crippen LogP contribution in [0.3, 0.4) is 0 Å². The number of para-hydroxylation sites is 1. The van der Waals surface area contributed by atoms with Crippen LogP contribution in [0.1, 0.15) is 22.3 Å². The molecule has 0 aliphatic rings. The van der Waals surface area contributed by atoms with Gasteiger partial charge in [0, 0.05) is 18.0 Å². The Balaban J connectivity index is 1.61. The Morgan fingerprint density at radius 1 is 1.07 bits per heavy atom. The van der Waals surface area contributed by atoms with Gasteiger partial charge >= 0.3 is 0 Å². The highest BCUT2D eigenvalue weighted by molar-refractivity contribution is 7.20. The monoisotopic (exact) mass is 424 g/mol. The van der Waals surface area contributed by atoms with Crippen LogP contribution in [-0.4, -0.2) is 21.6 Å². The molecule has 0 saturated heterocycles. The van der Waals surface area contributed by atoms with Gasteiger partial charge in [0.15, 0.2) is 0 Å². The van der Waals surface area contributed by atoms with E-state index in [9.17, 15) is 9.59 Å². The lowest BCUT2D eigenvalue weighted by molar-refractivity contribution is -0.114. The van der Waals surface area contributed by atoms with E-state index in [1.54, 1.807) is 18.2 Å². The van der Waals surface area contributed by atoms with Gasteiger partial charge in [0.25, 0.3) is 5.91 Å². The molecule has 0 atom stereocenters. The van der Waals surface area contributed by atoms with E-state index in [1.165, 1.54) is 18.3 Å². The van der Waals surface area contributed by atoms with Gasteiger partial charge in [-0.3, -0.25) is 9.59 Å². The second-order valence-corrected chi connectivity index (χ2v) is 7.93. The van der Waals surface area contributed by atoms with E-state index in [0.717, 1.165) is 21.6 Å². The van der Waals surface area contributed by atoms with Crippen molar-refractivity contribution >= 4 is 56.3 Å². The third kappa shape index (κ3) is 3.87. The number of amides is 2. The number of aromatic nitrogens is 2. The molecular weight excluding hydrogens is 408 g/mol. The lowest BCUT2D eigenvalue weighted by atomic mass is 10.2. The van der Waals surface area contributed by atoms with Crippen molar-refractivity contribution in [2.75, 3.05) is 10.6 Å². The summed E-state index contributed by atoms with van der Waals surface area (Å²) in [6.07, 6.45) is 0. The number of nitrogens with zero attached hydrogens (tertiary/aromatic N) is 2. The minimum absolute atomic E-state index is 0.211. The number of carbonyl (C=O) groups excluding carboxylic acids is 2. The molecule has 0 aliphatic heterocycles. The van der Waals surface area contributed by atoms with Crippen molar-refractivity contribution in [2.24, 2.45) is 0 Å². The summed E-state index contributed by atoms with van der Waals surface area (Å²) in [7, 11) is 0. The number of halogens is 1. The van der Waals surface area contributed by atoms with Gasteiger partial charge in [-0.1, -0.05) is 29.8 Å². The molecule has 0 spiro atoms. The normalized spacial score (nSPS) is 10.9. The average molecular weight is 425 g/mol. The number of thiophene rings is 1. The maximum Gasteiger partial charge on any atom is 0.265 e. The first-order valence-corrected chi connectivity index (χ1v) is 10.0. The number of carbonyl (C=O) groups is 2. The summed E-state index contributed by atoms with van der Waals surface area (Å²) in [6, 6.07) is 16.6. The molecule has 4 aromatic rings. The van der Waals surface area contributed by atoms with Gasteiger partial charge in [-0.2, -0.15) is 5.10 Å². The zero-order valence-corrected chi connectivity index (χ0v) is 17.3. The molecular formula is C21H17ClN4O2S. The highest BCUT2D eigenvalue weighted by Gasteiger charge is 2.17. The molecule has 0 aliphatic carbocycles. The second-order valence-electron chi connectivity index (χ2n) is 6.49. The van der Waals surface area contributed by atoms with Crippen LogP contribution in [0.4, 0.5) is 11.4 Å². The maximum atomic E-state index is 12.8. The molecule has 0 fully saturated rings. The lowest BCUT2D eigenvalue weighted by Crippen LogP contribution is -2.11. The Kier molecular flexibility index (Phi) is 5.08. The molecule has 2 heterocycles. The molecule has 4 rings (SSSR count). The standard InChI is InChI=1S/C21H17ClN4O2S/c1-12-16-11-19(29-21(16)26(25-12)15-6-4-3-5-7-15)20(28)24-14-8-9-18(17(22)10-14)23-13(2)27/h3-11H,1-2H3,(H,23,27)(H,24,28). The van der Waals surface area contributed by atoms with E-state index in [-0.39, 0.29) is 11.8 Å². The van der Waals surface area contributed by atoms with Gasteiger partial charge in [-0.25, -0.2) is 4.68 Å². The van der Waals surface area contributed by atoms with E-state index in [1.807, 2.05) is 48.0 Å². The highest BCUT2D eigenvalue weighted by Crippen LogP contribution is 2.31. The van der Waals surface area contributed by atoms with Crippen LogP contribution in [0.2, 0.25) is 5.02 Å². The molecule has 0 radical (unpaired) electrons. The number of benzene rings is 2. The Bertz CT molecular complexity index is 1230. The third-order valence-electron chi connectivity index (χ3n) is 4.31. The molecule has 2 amide bonds. The Hall–Kier alpha value is -3.16. The third-order valence-corrected chi connectivity index (χ3v) is 5.73. The van der Waals surface area contributed by atoms with Gasteiger partial charge in [-0.15, -0.1) is 11.3 Å². The number of hydrogen-bond acceptors (Lipinski definition) is 4. The summed E-state index contributed by atoms with van der Waals surface area (Å²) in [5, 5.41) is 11.4. The summed E-state index contributed by atoms with van der Waals surface area (Å²) in [5.74, 6) is -0.439. The predicted molar refractivity (Wildman–Crippen MR) is 117 cm³/mol. The van der Waals surface area contributed by atoms with Crippen molar-refractivity contribution in [3.05, 3.63) is 70.2 Å². The number of anilines is 2. The highest BCUT2D eigenvalue weighted by atomic mass is 35.5. The van der Waals surface area contributed by atoms with Gasteiger partial charge in [0.1, 0.15) is 4.83 Å². The summed E-state index contributed by atoms with van der Waals surface area (Å²) in [5.41, 5.74) is 2.85. The van der Waals surface area contributed by atoms with E-state index in [4.69, 9.17) is 11.6 Å². The topological polar surface area (TPSA) is 76.0 Å². The molecule has 146 valence electrons. The van der Waals surface area contributed by atoms with E-state index in [2.05, 4.69) is 15.7 Å². The minimum Gasteiger partial charge on any atom is -0.325 e. The maximum absolute atomic E-state index is 12.8. The molecule has 8 heteroatoms. The SMILES string of the molecule is CC(=O)Nc1ccc(NC(=O)c2cc3c(C)nn(-c4ccccc4)c3s2)cc1Cl. The van der Waals surface area contributed by atoms with Gasteiger partial charge in [-0.05, 0) is 43.3 Å². The first-order valence-electron chi connectivity index (χ1n) is 8.85. The zero-order chi connectivity index (χ0) is 20.5. The fourth-order valence-corrected chi connectivity index (χ4v) is 4.29. The van der Waals surface area contributed by atoms with Crippen LogP contribution in [0.25, 0.3) is 15.9 Å². The summed E-state index contributed by atoms with van der Waals surface area (Å²) in [6.45, 7) is 3.34. The van der Waals surface area contributed by atoms with E-state index in [0.29, 0.717) is 21.3 Å². The van der Waals surface area contributed by atoms with Crippen molar-refractivity contribution in [2.45, 2.75) is 13.8 Å². The number of hydrogen-bond donors (Lipinski definition) is 2. The lowest BCUT2D eigenvalue weighted by Gasteiger charge is -2.08. The first-order chi connectivity index (χ1) is 13.9. The molecule has 29 heavy (non-hydrogen) atoms. The second kappa shape index (κ2) is 7.69. The fraction of sp³-hybridized carbons (Fsp3) is 0.0952. The number of aryl methyl sites for hydroxylation is 1. The van der Waals surface area contributed by atoms with Crippen LogP contribution in [0.15, 0.2) is 54.6 Å². The summed E-state index contributed by atoms with van der Waals surface area (Å²) in [4.78, 5) is 25.4. The van der Waals surface area contributed by atoms with Crippen LogP contribution in [0, 0.1) is 6.92 Å². The van der Waals surface area contributed by atoms with Crippen LogP contribution >= 0.6 is 22.9 Å². The summed E-state index contributed by atoms with van der Waals surface area (Å²) < 4.78 is 1.85. The van der Waals surface area contributed by atoms with Crippen molar-refractivity contribution in [3.8, 4) is 5.69 Å². The predicted octanol–water partition coefficient (Wildman–Crippen LogP) is 5.26. The number of fused-ring (bicyclic) bond motifs is 1. The van der Waals surface area contributed by atoms with Gasteiger partial charge in [0.2, 0.25) is 5.91 Å². The zero-order valence-electron chi connectivity index (χ0n) is 15.7. The first kappa shape index (κ1) is 19.2. The Labute approximate surface area is 176 Å². The quantitative estimate of drug-likeness (QED) is 0.469. The molecule has 2 N–H and O–H groups in total. The van der Waals surface area contributed by atoms with Crippen molar-refractivity contribution in [3.63, 3.8) is 0 Å². The van der Waals surface area contributed by atoms with Crippen LogP contribution in [-0.2, 0) is 4.79 Å². The van der Waals surface area contributed by atoms with Crippen molar-refractivity contribution < 1.29 is 9.59 Å². The largest absolute Gasteiger partial charge is 0.325 e. The molecule has 6 nitrogen and oxygen atoms in total. The molecule has 2 aromatic heterocycles.